The van der Waals surface area contributed by atoms with Gasteiger partial charge in [-0.15, -0.1) is 0 Å². The van der Waals surface area contributed by atoms with Gasteiger partial charge >= 0.3 is 18.0 Å². The Kier molecular flexibility index (Phi) is 4.19. The molecule has 1 unspecified atom stereocenters. The molecule has 1 saturated carbocycles. The Bertz CT molecular complexity index is 400. The average molecular weight is 310 g/mol. The number of carbonyl (C=O) groups excluding carboxylic acids is 2. The molecule has 20 heavy (non-hydrogen) atoms. The van der Waals surface area contributed by atoms with Crippen molar-refractivity contribution >= 4 is 11.6 Å². The predicted octanol–water partition coefficient (Wildman–Crippen LogP) is 2.12. The smallest absolute Gasteiger partial charge is 0.385 e. The topological polar surface area (TPSA) is 54.4 Å². The molecule has 3 nitrogen and oxygen atoms in total. The van der Waals surface area contributed by atoms with Crippen molar-refractivity contribution in [2.45, 2.75) is 43.4 Å². The van der Waals surface area contributed by atoms with Gasteiger partial charge in [0.2, 0.25) is 0 Å². The molecule has 1 rings (SSSR count). The number of ketones is 2. The van der Waals surface area contributed by atoms with Gasteiger partial charge in [0.1, 0.15) is 23.6 Å². The van der Waals surface area contributed by atoms with E-state index in [2.05, 4.69) is 0 Å². The molecule has 0 spiro atoms. The Morgan fingerprint density at radius 3 is 1.70 bits per heavy atom. The van der Waals surface area contributed by atoms with Gasteiger partial charge in [-0.2, -0.15) is 30.7 Å². The lowest BCUT2D eigenvalue weighted by molar-refractivity contribution is -0.372. The minimum atomic E-state index is -6.63. The van der Waals surface area contributed by atoms with Crippen molar-refractivity contribution in [2.24, 2.45) is 5.92 Å². The molecule has 1 N–H and O–H groups in total. The van der Waals surface area contributed by atoms with Gasteiger partial charge < -0.3 is 5.11 Å². The van der Waals surface area contributed by atoms with E-state index in [0.717, 1.165) is 0 Å². The molecule has 0 aromatic heterocycles. The van der Waals surface area contributed by atoms with Crippen molar-refractivity contribution in [2.75, 3.05) is 0 Å². The van der Waals surface area contributed by atoms with Crippen molar-refractivity contribution in [1.29, 1.82) is 0 Å². The zero-order valence-corrected chi connectivity index (χ0v) is 9.69. The third-order valence-corrected chi connectivity index (χ3v) is 3.00. The van der Waals surface area contributed by atoms with Crippen LogP contribution in [0, 0.1) is 5.92 Å². The largest absolute Gasteiger partial charge is 0.459 e. The van der Waals surface area contributed by atoms with Gasteiger partial charge in [-0.25, -0.2) is 0 Å². The van der Waals surface area contributed by atoms with Crippen molar-refractivity contribution in [1.82, 2.24) is 0 Å². The zero-order chi connectivity index (χ0) is 15.9. The molecule has 10 heteroatoms. The predicted molar refractivity (Wildman–Crippen MR) is 49.3 cm³/mol. The first-order valence-corrected chi connectivity index (χ1v) is 5.40. The molecule has 0 saturated heterocycles. The summed E-state index contributed by atoms with van der Waals surface area (Å²) in [6.07, 6.45) is -11.3. The molecule has 0 aliphatic heterocycles. The summed E-state index contributed by atoms with van der Waals surface area (Å²) in [5, 5.41) is 9.07. The van der Waals surface area contributed by atoms with Crippen LogP contribution in [0.15, 0.2) is 0 Å². The van der Waals surface area contributed by atoms with Crippen LogP contribution in [-0.2, 0) is 9.59 Å². The van der Waals surface area contributed by atoms with Gasteiger partial charge in [-0.3, -0.25) is 9.59 Å². The van der Waals surface area contributed by atoms with Crippen LogP contribution in [0.1, 0.15) is 19.3 Å². The molecular weight excluding hydrogens is 301 g/mol. The van der Waals surface area contributed by atoms with Gasteiger partial charge in [0.25, 0.3) is 0 Å². The second-order valence-corrected chi connectivity index (χ2v) is 4.40. The first kappa shape index (κ1) is 16.9. The van der Waals surface area contributed by atoms with E-state index >= 15 is 0 Å². The zero-order valence-electron chi connectivity index (χ0n) is 9.69. The molecule has 0 amide bonds. The fourth-order valence-corrected chi connectivity index (χ4v) is 1.86. The van der Waals surface area contributed by atoms with Gasteiger partial charge in [0.05, 0.1) is 0 Å². The lowest BCUT2D eigenvalue weighted by Gasteiger charge is -2.35. The van der Waals surface area contributed by atoms with Crippen LogP contribution in [0.25, 0.3) is 0 Å². The Hall–Kier alpha value is -1.19. The fourth-order valence-electron chi connectivity index (χ4n) is 1.86. The molecule has 0 bridgehead atoms. The van der Waals surface area contributed by atoms with E-state index in [1.807, 2.05) is 0 Å². The summed E-state index contributed by atoms with van der Waals surface area (Å²) < 4.78 is 87.6. The summed E-state index contributed by atoms with van der Waals surface area (Å²) in [5.41, 5.74) is 0. The molecule has 0 aromatic carbocycles. The standard InChI is InChI=1S/C10H9F7O3/c11-8(12,9(13,14)10(15,16)17)7(20)6-4(18)2-1-3-5(6)19/h6-7,20H,1-3H2. The monoisotopic (exact) mass is 310 g/mol. The normalized spacial score (nSPS) is 21.2. The van der Waals surface area contributed by atoms with Crippen LogP contribution in [-0.4, -0.2) is 40.8 Å². The number of carbonyl (C=O) groups is 2. The van der Waals surface area contributed by atoms with E-state index in [4.69, 9.17) is 5.11 Å². The molecule has 0 radical (unpaired) electrons. The highest BCUT2D eigenvalue weighted by molar-refractivity contribution is 6.05. The number of Topliss-reactive ketones (excluding diaryl/α,β-unsaturated/α-hetero) is 2. The Balaban J connectivity index is 3.14. The number of aliphatic hydroxyl groups is 1. The molecule has 1 aliphatic rings. The Morgan fingerprint density at radius 1 is 0.950 bits per heavy atom. The van der Waals surface area contributed by atoms with E-state index in [1.165, 1.54) is 0 Å². The Morgan fingerprint density at radius 2 is 1.35 bits per heavy atom. The van der Waals surface area contributed by atoms with Crippen LogP contribution in [0.5, 0.6) is 0 Å². The number of rotatable bonds is 3. The summed E-state index contributed by atoms with van der Waals surface area (Å²) in [6.45, 7) is 0. The molecule has 1 fully saturated rings. The maximum Gasteiger partial charge on any atom is 0.459 e. The molecular formula is C10H9F7O3. The molecule has 0 aromatic rings. The third kappa shape index (κ3) is 2.52. The molecule has 116 valence electrons. The molecule has 1 atom stereocenters. The van der Waals surface area contributed by atoms with Crippen molar-refractivity contribution < 1.29 is 45.4 Å². The highest BCUT2D eigenvalue weighted by atomic mass is 19.4. The number of alkyl halides is 7. The first-order valence-electron chi connectivity index (χ1n) is 5.40. The summed E-state index contributed by atoms with van der Waals surface area (Å²) >= 11 is 0. The van der Waals surface area contributed by atoms with Gasteiger partial charge in [0.15, 0.2) is 0 Å². The fraction of sp³-hybridized carbons (Fsp3) is 0.800. The maximum atomic E-state index is 13.2. The van der Waals surface area contributed by atoms with Crippen LogP contribution in [0.4, 0.5) is 30.7 Å². The lowest BCUT2D eigenvalue weighted by Crippen LogP contribution is -2.61. The maximum absolute atomic E-state index is 13.2. The highest BCUT2D eigenvalue weighted by Crippen LogP contribution is 2.49. The van der Waals surface area contributed by atoms with Crippen LogP contribution >= 0.6 is 0 Å². The number of halogens is 7. The second-order valence-electron chi connectivity index (χ2n) is 4.40. The molecule has 0 heterocycles. The van der Waals surface area contributed by atoms with E-state index in [9.17, 15) is 40.3 Å². The number of aliphatic hydroxyl groups excluding tert-OH is 1. The van der Waals surface area contributed by atoms with Crippen molar-refractivity contribution in [3.05, 3.63) is 0 Å². The molecule has 1 aliphatic carbocycles. The Labute approximate surface area is 107 Å². The van der Waals surface area contributed by atoms with Crippen LogP contribution < -0.4 is 0 Å². The average Bonchev–Trinajstić information content (AvgIpc) is 2.26. The summed E-state index contributed by atoms with van der Waals surface area (Å²) in [4.78, 5) is 22.5. The van der Waals surface area contributed by atoms with E-state index in [0.29, 0.717) is 0 Å². The minimum absolute atomic E-state index is 0.0257. The third-order valence-electron chi connectivity index (χ3n) is 3.00. The van der Waals surface area contributed by atoms with Gasteiger partial charge in [0, 0.05) is 12.8 Å². The number of hydrogen-bond donors (Lipinski definition) is 1. The minimum Gasteiger partial charge on any atom is -0.385 e. The highest BCUT2D eigenvalue weighted by Gasteiger charge is 2.76. The summed E-state index contributed by atoms with van der Waals surface area (Å²) in [5.74, 6) is -17.7. The van der Waals surface area contributed by atoms with E-state index in [1.54, 1.807) is 0 Å². The second kappa shape index (κ2) is 4.97. The lowest BCUT2D eigenvalue weighted by atomic mass is 9.79. The van der Waals surface area contributed by atoms with Gasteiger partial charge in [-0.1, -0.05) is 0 Å². The van der Waals surface area contributed by atoms with E-state index in [-0.39, 0.29) is 6.42 Å². The van der Waals surface area contributed by atoms with Crippen molar-refractivity contribution in [3.63, 3.8) is 0 Å². The quantitative estimate of drug-likeness (QED) is 0.642. The van der Waals surface area contributed by atoms with Crippen LogP contribution in [0.3, 0.4) is 0 Å². The number of hydrogen-bond acceptors (Lipinski definition) is 3. The first-order chi connectivity index (χ1) is 8.84. The summed E-state index contributed by atoms with van der Waals surface area (Å²) in [7, 11) is 0. The van der Waals surface area contributed by atoms with Crippen LogP contribution in [0.2, 0.25) is 0 Å². The van der Waals surface area contributed by atoms with Gasteiger partial charge in [-0.05, 0) is 6.42 Å². The SMILES string of the molecule is O=C1CCCC(=O)C1C(O)C(F)(F)C(F)(F)C(F)(F)F. The van der Waals surface area contributed by atoms with Crippen molar-refractivity contribution in [3.8, 4) is 0 Å². The van der Waals surface area contributed by atoms with E-state index < -0.39 is 54.5 Å². The summed E-state index contributed by atoms with van der Waals surface area (Å²) in [6, 6.07) is 0.